The van der Waals surface area contributed by atoms with Crippen molar-refractivity contribution in [3.05, 3.63) is 12.4 Å². The van der Waals surface area contributed by atoms with E-state index in [0.29, 0.717) is 25.1 Å². The van der Waals surface area contributed by atoms with Gasteiger partial charge in [-0.2, -0.15) is 0 Å². The Balaban J connectivity index is 1.52. The molecule has 0 aliphatic carbocycles. The Morgan fingerprint density at radius 3 is 2.50 bits per heavy atom. The predicted molar refractivity (Wildman–Crippen MR) is 101 cm³/mol. The second kappa shape index (κ2) is 7.80. The molecule has 2 aliphatic rings. The second-order valence-electron chi connectivity index (χ2n) is 8.30. The first-order chi connectivity index (χ1) is 12.3. The summed E-state index contributed by atoms with van der Waals surface area (Å²) in [5.74, 6) is 0.502. The van der Waals surface area contributed by atoms with Gasteiger partial charge in [-0.05, 0) is 47.1 Å². The van der Waals surface area contributed by atoms with Gasteiger partial charge in [0, 0.05) is 43.4 Å². The van der Waals surface area contributed by atoms with E-state index in [2.05, 4.69) is 14.9 Å². The fourth-order valence-corrected chi connectivity index (χ4v) is 3.37. The quantitative estimate of drug-likeness (QED) is 0.751. The SMILES string of the molecule is CC1(C)OB(c2cnc(OC[C@@H]3CCCN(CCN)C3)nc2)OC1(C)C. The smallest absolute Gasteiger partial charge is 0.463 e. The molecule has 2 fully saturated rings. The largest absolute Gasteiger partial charge is 0.498 e. The molecule has 0 bridgehead atoms. The molecule has 8 heteroatoms. The molecule has 1 aromatic rings. The minimum Gasteiger partial charge on any atom is -0.463 e. The Morgan fingerprint density at radius 1 is 1.23 bits per heavy atom. The average Bonchev–Trinajstić information content (AvgIpc) is 2.82. The number of hydrogen-bond donors (Lipinski definition) is 1. The number of piperidine rings is 1. The molecule has 1 aromatic heterocycles. The molecule has 2 N–H and O–H groups in total. The van der Waals surface area contributed by atoms with E-state index in [1.807, 2.05) is 27.7 Å². The summed E-state index contributed by atoms with van der Waals surface area (Å²) < 4.78 is 17.9. The minimum absolute atomic E-state index is 0.372. The molecular weight excluding hydrogens is 331 g/mol. The number of likely N-dealkylation sites (tertiary alicyclic amines) is 1. The monoisotopic (exact) mass is 362 g/mol. The van der Waals surface area contributed by atoms with Crippen LogP contribution < -0.4 is 15.9 Å². The average molecular weight is 362 g/mol. The highest BCUT2D eigenvalue weighted by atomic mass is 16.7. The Hall–Kier alpha value is -1.22. The highest BCUT2D eigenvalue weighted by Gasteiger charge is 2.51. The van der Waals surface area contributed by atoms with Crippen LogP contribution in [0.4, 0.5) is 0 Å². The van der Waals surface area contributed by atoms with E-state index in [9.17, 15) is 0 Å². The molecule has 7 nitrogen and oxygen atoms in total. The standard InChI is InChI=1S/C18H31BN4O3/c1-17(2)18(3,4)26-19(25-17)15-10-21-16(22-11-15)24-13-14-6-5-8-23(12-14)9-7-20/h10-11,14H,5-9,12-13,20H2,1-4H3/t14-/m1/s1. The van der Waals surface area contributed by atoms with Gasteiger partial charge in [-0.1, -0.05) is 0 Å². The van der Waals surface area contributed by atoms with E-state index in [1.54, 1.807) is 12.4 Å². The number of hydrogen-bond acceptors (Lipinski definition) is 7. The van der Waals surface area contributed by atoms with Crippen molar-refractivity contribution in [1.29, 1.82) is 0 Å². The first kappa shape index (κ1) is 19.5. The summed E-state index contributed by atoms with van der Waals surface area (Å²) in [5.41, 5.74) is 5.72. The summed E-state index contributed by atoms with van der Waals surface area (Å²) in [4.78, 5) is 11.1. The third-order valence-electron chi connectivity index (χ3n) is 5.67. The predicted octanol–water partition coefficient (Wildman–Crippen LogP) is 0.825. The Morgan fingerprint density at radius 2 is 1.88 bits per heavy atom. The van der Waals surface area contributed by atoms with Crippen molar-refractivity contribution >= 4 is 12.6 Å². The molecule has 2 aliphatic heterocycles. The maximum atomic E-state index is 6.02. The van der Waals surface area contributed by atoms with Crippen molar-refractivity contribution in [2.75, 3.05) is 32.8 Å². The van der Waals surface area contributed by atoms with Crippen molar-refractivity contribution < 1.29 is 14.0 Å². The maximum absolute atomic E-state index is 6.02. The molecule has 0 saturated carbocycles. The van der Waals surface area contributed by atoms with Crippen molar-refractivity contribution in [3.63, 3.8) is 0 Å². The second-order valence-corrected chi connectivity index (χ2v) is 8.30. The van der Waals surface area contributed by atoms with Crippen LogP contribution in [0.1, 0.15) is 40.5 Å². The number of aromatic nitrogens is 2. The van der Waals surface area contributed by atoms with E-state index in [0.717, 1.165) is 25.1 Å². The molecule has 2 saturated heterocycles. The van der Waals surface area contributed by atoms with Crippen molar-refractivity contribution in [1.82, 2.24) is 14.9 Å². The van der Waals surface area contributed by atoms with Gasteiger partial charge in [0.2, 0.25) is 0 Å². The zero-order chi connectivity index (χ0) is 18.8. The molecule has 0 amide bonds. The van der Waals surface area contributed by atoms with Gasteiger partial charge in [-0.3, -0.25) is 0 Å². The van der Waals surface area contributed by atoms with Crippen molar-refractivity contribution in [2.45, 2.75) is 51.7 Å². The Labute approximate surface area is 156 Å². The van der Waals surface area contributed by atoms with Crippen molar-refractivity contribution in [2.24, 2.45) is 11.7 Å². The summed E-state index contributed by atoms with van der Waals surface area (Å²) in [6, 6.07) is 0.404. The van der Waals surface area contributed by atoms with E-state index >= 15 is 0 Å². The summed E-state index contributed by atoms with van der Waals surface area (Å²) in [5, 5.41) is 0. The highest BCUT2D eigenvalue weighted by Crippen LogP contribution is 2.36. The van der Waals surface area contributed by atoms with Gasteiger partial charge >= 0.3 is 13.1 Å². The molecule has 3 heterocycles. The third-order valence-corrected chi connectivity index (χ3v) is 5.67. The third kappa shape index (κ3) is 4.36. The summed E-state index contributed by atoms with van der Waals surface area (Å²) >= 11 is 0. The number of nitrogens with zero attached hydrogens (tertiary/aromatic N) is 3. The molecule has 0 spiro atoms. The Bertz CT molecular complexity index is 579. The summed E-state index contributed by atoms with van der Waals surface area (Å²) in [6.07, 6.45) is 5.82. The van der Waals surface area contributed by atoms with Crippen LogP contribution in [0.25, 0.3) is 0 Å². The highest BCUT2D eigenvalue weighted by molar-refractivity contribution is 6.61. The lowest BCUT2D eigenvalue weighted by atomic mass is 9.81. The van der Waals surface area contributed by atoms with E-state index in [1.165, 1.54) is 12.8 Å². The number of nitrogens with two attached hydrogens (primary N) is 1. The van der Waals surface area contributed by atoms with Gasteiger partial charge < -0.3 is 24.7 Å². The molecule has 3 rings (SSSR count). The zero-order valence-corrected chi connectivity index (χ0v) is 16.4. The van der Waals surface area contributed by atoms with Crippen LogP contribution in [0.2, 0.25) is 0 Å². The lowest BCUT2D eigenvalue weighted by Gasteiger charge is -2.32. The van der Waals surface area contributed by atoms with Crippen LogP contribution in [-0.2, 0) is 9.31 Å². The fourth-order valence-electron chi connectivity index (χ4n) is 3.37. The topological polar surface area (TPSA) is 82.7 Å². The molecule has 1 atom stereocenters. The Kier molecular flexibility index (Phi) is 5.86. The molecule has 144 valence electrons. The maximum Gasteiger partial charge on any atom is 0.498 e. The first-order valence-electron chi connectivity index (χ1n) is 9.53. The van der Waals surface area contributed by atoms with Crippen LogP contribution in [0.15, 0.2) is 12.4 Å². The van der Waals surface area contributed by atoms with Gasteiger partial charge in [0.05, 0.1) is 17.8 Å². The molecule has 0 unspecified atom stereocenters. The fraction of sp³-hybridized carbons (Fsp3) is 0.778. The normalized spacial score (nSPS) is 25.4. The van der Waals surface area contributed by atoms with E-state index in [4.69, 9.17) is 19.8 Å². The van der Waals surface area contributed by atoms with Crippen LogP contribution in [0, 0.1) is 5.92 Å². The summed E-state index contributed by atoms with van der Waals surface area (Å²) in [7, 11) is -0.447. The van der Waals surface area contributed by atoms with E-state index in [-0.39, 0.29) is 11.2 Å². The van der Waals surface area contributed by atoms with Gasteiger partial charge in [0.15, 0.2) is 0 Å². The molecule has 0 aromatic carbocycles. The molecule has 26 heavy (non-hydrogen) atoms. The van der Waals surface area contributed by atoms with Gasteiger partial charge in [-0.25, -0.2) is 9.97 Å². The first-order valence-corrected chi connectivity index (χ1v) is 9.53. The van der Waals surface area contributed by atoms with Gasteiger partial charge in [0.1, 0.15) is 0 Å². The molecule has 0 radical (unpaired) electrons. The summed E-state index contributed by atoms with van der Waals surface area (Å²) in [6.45, 7) is 12.6. The van der Waals surface area contributed by atoms with Gasteiger partial charge in [-0.15, -0.1) is 0 Å². The van der Waals surface area contributed by atoms with Crippen LogP contribution >= 0.6 is 0 Å². The van der Waals surface area contributed by atoms with Gasteiger partial charge in [0.25, 0.3) is 0 Å². The van der Waals surface area contributed by atoms with Crippen LogP contribution in [0.5, 0.6) is 6.01 Å². The van der Waals surface area contributed by atoms with Crippen molar-refractivity contribution in [3.8, 4) is 6.01 Å². The molecular formula is C18H31BN4O3. The lowest BCUT2D eigenvalue weighted by molar-refractivity contribution is 0.00578. The number of ether oxygens (including phenoxy) is 1. The van der Waals surface area contributed by atoms with Crippen LogP contribution in [-0.4, -0.2) is 66.0 Å². The lowest BCUT2D eigenvalue weighted by Crippen LogP contribution is -2.41. The number of rotatable bonds is 6. The zero-order valence-electron chi connectivity index (χ0n) is 16.4. The van der Waals surface area contributed by atoms with E-state index < -0.39 is 7.12 Å². The van der Waals surface area contributed by atoms with Crippen LogP contribution in [0.3, 0.4) is 0 Å². The minimum atomic E-state index is -0.447.